The molecule has 2 nitrogen and oxygen atoms in total. The van der Waals surface area contributed by atoms with Gasteiger partial charge < -0.3 is 4.90 Å². The van der Waals surface area contributed by atoms with Crippen LogP contribution in [-0.4, -0.2) is 6.54 Å². The molecule has 4 heteroatoms. The predicted molar refractivity (Wildman–Crippen MR) is 189 cm³/mol. The Hall–Kier alpha value is -3.60. The van der Waals surface area contributed by atoms with Crippen LogP contribution < -0.4 is 9.47 Å². The molecule has 2 heterocycles. The third-order valence-corrected chi connectivity index (χ3v) is 10.4. The fraction of sp³-hybridized carbons (Fsp3) is 0.256. The molecule has 0 radical (unpaired) electrons. The molecule has 1 aliphatic rings. The summed E-state index contributed by atoms with van der Waals surface area (Å²) in [5, 5.41) is 2.63. The molecule has 1 aliphatic heterocycles. The van der Waals surface area contributed by atoms with E-state index in [-0.39, 0.29) is 0 Å². The van der Waals surface area contributed by atoms with Gasteiger partial charge in [0.1, 0.15) is 4.70 Å². The number of unbranched alkanes of at least 4 members (excludes halogenated alkanes) is 4. The normalized spacial score (nSPS) is 13.9. The summed E-state index contributed by atoms with van der Waals surface area (Å²) in [4.78, 5) is 3.89. The van der Waals surface area contributed by atoms with E-state index in [1.165, 1.54) is 91.6 Å². The van der Waals surface area contributed by atoms with Crippen molar-refractivity contribution in [2.24, 2.45) is 0 Å². The monoisotopic (exact) mass is 601 g/mol. The first-order valence-electron chi connectivity index (χ1n) is 15.8. The summed E-state index contributed by atoms with van der Waals surface area (Å²) >= 11 is 3.80. The van der Waals surface area contributed by atoms with E-state index in [2.05, 4.69) is 139 Å². The van der Waals surface area contributed by atoms with E-state index in [4.69, 9.17) is 0 Å². The quantitative estimate of drug-likeness (QED) is 0.104. The number of aromatic nitrogens is 1. The Morgan fingerprint density at radius 3 is 2.09 bits per heavy atom. The molecule has 0 unspecified atom stereocenters. The molecule has 4 aromatic carbocycles. The number of thioether (sulfide) groups is 1. The van der Waals surface area contributed by atoms with E-state index >= 15 is 0 Å². The first-order chi connectivity index (χ1) is 21.2. The van der Waals surface area contributed by atoms with Crippen molar-refractivity contribution in [2.75, 3.05) is 11.4 Å². The van der Waals surface area contributed by atoms with Gasteiger partial charge in [-0.3, -0.25) is 0 Å². The highest BCUT2D eigenvalue weighted by molar-refractivity contribution is 8.03. The van der Waals surface area contributed by atoms with Crippen molar-refractivity contribution in [3.63, 3.8) is 0 Å². The van der Waals surface area contributed by atoms with E-state index in [9.17, 15) is 0 Å². The Balaban J connectivity index is 1.31. The third-order valence-electron chi connectivity index (χ3n) is 8.12. The standard InChI is InChI=1S/C39H41N2S2/c1-3-5-13-26-40-34-28-32(30-16-9-7-10-17-30)22-24-36(34)42-38(40)20-15-21-39-41(27-14-6-4-2)35-29-33(23-25-37(35)43-39)31-18-11-8-12-19-31/h7-12,15-25,28-29H,3-6,13-14,26-27H2,1-2H3/q+1. The highest BCUT2D eigenvalue weighted by atomic mass is 32.2. The minimum absolute atomic E-state index is 1.05. The molecule has 43 heavy (non-hydrogen) atoms. The molecule has 0 bridgehead atoms. The number of hydrogen-bond donors (Lipinski definition) is 0. The summed E-state index contributed by atoms with van der Waals surface area (Å²) in [5.41, 5.74) is 7.79. The molecule has 0 saturated carbocycles. The number of anilines is 1. The Bertz CT molecular complexity index is 1720. The smallest absolute Gasteiger partial charge is 0.262 e. The van der Waals surface area contributed by atoms with Gasteiger partial charge in [0.2, 0.25) is 5.52 Å². The zero-order valence-electron chi connectivity index (χ0n) is 25.3. The fourth-order valence-corrected chi connectivity index (χ4v) is 7.95. The van der Waals surface area contributed by atoms with Gasteiger partial charge in [-0.25, -0.2) is 0 Å². The van der Waals surface area contributed by atoms with Gasteiger partial charge in [-0.15, -0.1) is 0 Å². The van der Waals surface area contributed by atoms with Crippen LogP contribution in [0.2, 0.25) is 0 Å². The van der Waals surface area contributed by atoms with Crippen molar-refractivity contribution in [3.05, 3.63) is 119 Å². The van der Waals surface area contributed by atoms with E-state index < -0.39 is 0 Å². The molecule has 0 saturated heterocycles. The maximum absolute atomic E-state index is 2.54. The average molecular weight is 602 g/mol. The van der Waals surface area contributed by atoms with Crippen LogP contribution >= 0.6 is 23.1 Å². The first kappa shape index (κ1) is 29.5. The third kappa shape index (κ3) is 6.82. The highest BCUT2D eigenvalue weighted by Gasteiger charge is 2.25. The number of fused-ring (bicyclic) bond motifs is 2. The van der Waals surface area contributed by atoms with E-state index in [0.29, 0.717) is 0 Å². The molecule has 0 aliphatic carbocycles. The van der Waals surface area contributed by atoms with Crippen molar-refractivity contribution >= 4 is 45.1 Å². The molecular weight excluding hydrogens is 561 g/mol. The van der Waals surface area contributed by atoms with Crippen molar-refractivity contribution in [1.29, 1.82) is 0 Å². The van der Waals surface area contributed by atoms with Gasteiger partial charge in [0.05, 0.1) is 10.7 Å². The zero-order valence-corrected chi connectivity index (χ0v) is 27.0. The first-order valence-corrected chi connectivity index (χ1v) is 17.4. The molecule has 0 amide bonds. The summed E-state index contributed by atoms with van der Waals surface area (Å²) < 4.78 is 3.89. The van der Waals surface area contributed by atoms with Gasteiger partial charge in [0, 0.05) is 30.0 Å². The number of hydrogen-bond acceptors (Lipinski definition) is 3. The van der Waals surface area contributed by atoms with E-state index in [0.717, 1.165) is 13.1 Å². The molecular formula is C39H41N2S2+. The van der Waals surface area contributed by atoms with Crippen LogP contribution in [0.5, 0.6) is 0 Å². The molecule has 0 fully saturated rings. The van der Waals surface area contributed by atoms with Gasteiger partial charge in [-0.2, -0.15) is 4.57 Å². The van der Waals surface area contributed by atoms with Crippen LogP contribution in [0.1, 0.15) is 57.4 Å². The van der Waals surface area contributed by atoms with E-state index in [1.807, 2.05) is 23.1 Å². The molecule has 218 valence electrons. The van der Waals surface area contributed by atoms with Crippen LogP contribution in [0.3, 0.4) is 0 Å². The van der Waals surface area contributed by atoms with Crippen molar-refractivity contribution < 1.29 is 4.57 Å². The largest absolute Gasteiger partial charge is 0.335 e. The summed E-state index contributed by atoms with van der Waals surface area (Å²) in [5.74, 6) is 0. The van der Waals surface area contributed by atoms with Crippen LogP contribution in [0.4, 0.5) is 5.69 Å². The second kappa shape index (κ2) is 14.2. The molecule has 1 aromatic heterocycles. The topological polar surface area (TPSA) is 7.12 Å². The molecule has 0 N–H and O–H groups in total. The van der Waals surface area contributed by atoms with Crippen molar-refractivity contribution in [1.82, 2.24) is 0 Å². The van der Waals surface area contributed by atoms with Crippen molar-refractivity contribution in [3.8, 4) is 22.3 Å². The lowest BCUT2D eigenvalue weighted by molar-refractivity contribution is -0.669. The lowest BCUT2D eigenvalue weighted by atomic mass is 10.0. The Labute approximate surface area is 265 Å². The second-order valence-corrected chi connectivity index (χ2v) is 13.3. The lowest BCUT2D eigenvalue weighted by Crippen LogP contribution is -2.35. The Kier molecular flexibility index (Phi) is 9.76. The number of thiazole rings is 1. The van der Waals surface area contributed by atoms with Gasteiger partial charge in [0.25, 0.3) is 5.01 Å². The minimum Gasteiger partial charge on any atom is -0.335 e. The Morgan fingerprint density at radius 1 is 0.698 bits per heavy atom. The van der Waals surface area contributed by atoms with Gasteiger partial charge >= 0.3 is 0 Å². The van der Waals surface area contributed by atoms with Gasteiger partial charge in [-0.05, 0) is 59.4 Å². The maximum Gasteiger partial charge on any atom is 0.262 e. The lowest BCUT2D eigenvalue weighted by Gasteiger charge is -2.20. The molecule has 5 aromatic rings. The highest BCUT2D eigenvalue weighted by Crippen LogP contribution is 2.47. The Morgan fingerprint density at radius 2 is 1.37 bits per heavy atom. The van der Waals surface area contributed by atoms with E-state index in [1.54, 1.807) is 0 Å². The minimum atomic E-state index is 1.05. The van der Waals surface area contributed by atoms with Gasteiger partial charge in [0.15, 0.2) is 6.54 Å². The maximum atomic E-state index is 2.54. The fourth-order valence-electron chi connectivity index (χ4n) is 5.78. The number of benzene rings is 4. The average Bonchev–Trinajstić information content (AvgIpc) is 3.58. The number of aryl methyl sites for hydroxylation is 1. The molecule has 6 rings (SSSR count). The number of nitrogens with zero attached hydrogens (tertiary/aromatic N) is 2. The van der Waals surface area contributed by atoms with Crippen molar-refractivity contribution in [2.45, 2.75) is 63.8 Å². The van der Waals surface area contributed by atoms with Crippen LogP contribution in [0, 0.1) is 0 Å². The summed E-state index contributed by atoms with van der Waals surface area (Å²) in [7, 11) is 0. The number of rotatable bonds is 12. The second-order valence-electron chi connectivity index (χ2n) is 11.2. The predicted octanol–water partition coefficient (Wildman–Crippen LogP) is 11.4. The van der Waals surface area contributed by atoms with Crippen LogP contribution in [0.15, 0.2) is 119 Å². The van der Waals surface area contributed by atoms with Crippen LogP contribution in [0.25, 0.3) is 38.5 Å². The molecule has 0 atom stereocenters. The van der Waals surface area contributed by atoms with Crippen LogP contribution in [-0.2, 0) is 6.54 Å². The van der Waals surface area contributed by atoms with Gasteiger partial charge in [-0.1, -0.05) is 135 Å². The molecule has 0 spiro atoms. The SMILES string of the molecule is CCCCCN1/C(=C/C=C/c2sc3ccc(-c4ccccc4)cc3[n+]2CCCCC)Sc2ccc(-c3ccccc3)cc21. The number of allylic oxidation sites excluding steroid dienone is 2. The summed E-state index contributed by atoms with van der Waals surface area (Å²) in [6, 6.07) is 35.4. The summed E-state index contributed by atoms with van der Waals surface area (Å²) in [6.45, 7) is 6.66. The summed E-state index contributed by atoms with van der Waals surface area (Å²) in [6.07, 6.45) is 14.3. The zero-order chi connectivity index (χ0) is 29.4.